The van der Waals surface area contributed by atoms with Gasteiger partial charge < -0.3 is 15.2 Å². The van der Waals surface area contributed by atoms with Crippen LogP contribution in [-0.2, 0) is 4.79 Å². The zero-order valence-electron chi connectivity index (χ0n) is 13.4. The van der Waals surface area contributed by atoms with E-state index in [1.54, 1.807) is 19.1 Å². The van der Waals surface area contributed by atoms with Crippen LogP contribution < -0.4 is 10.1 Å². The van der Waals surface area contributed by atoms with Gasteiger partial charge in [-0.2, -0.15) is 0 Å². The number of carbonyl (C=O) groups is 1. The second-order valence-corrected chi connectivity index (χ2v) is 5.46. The van der Waals surface area contributed by atoms with Crippen LogP contribution >= 0.6 is 0 Å². The van der Waals surface area contributed by atoms with Gasteiger partial charge in [-0.05, 0) is 42.3 Å². The van der Waals surface area contributed by atoms with E-state index in [0.717, 1.165) is 0 Å². The van der Waals surface area contributed by atoms with Crippen LogP contribution in [0.15, 0.2) is 42.5 Å². The maximum Gasteiger partial charge on any atom is 0.223 e. The summed E-state index contributed by atoms with van der Waals surface area (Å²) in [6.45, 7) is 1.74. The van der Waals surface area contributed by atoms with E-state index in [1.807, 2.05) is 0 Å². The molecule has 0 aliphatic carbocycles. The van der Waals surface area contributed by atoms with Crippen LogP contribution in [0.4, 0.5) is 8.78 Å². The van der Waals surface area contributed by atoms with E-state index in [2.05, 4.69) is 5.32 Å². The Morgan fingerprint density at radius 1 is 1.21 bits per heavy atom. The fourth-order valence-electron chi connectivity index (χ4n) is 2.34. The second-order valence-electron chi connectivity index (χ2n) is 5.46. The van der Waals surface area contributed by atoms with Crippen molar-refractivity contribution in [3.63, 3.8) is 0 Å². The van der Waals surface area contributed by atoms with Gasteiger partial charge in [0.05, 0.1) is 25.7 Å². The molecule has 6 heteroatoms. The van der Waals surface area contributed by atoms with E-state index < -0.39 is 29.7 Å². The third kappa shape index (κ3) is 4.52. The molecule has 2 aromatic rings. The third-order valence-corrected chi connectivity index (χ3v) is 3.66. The van der Waals surface area contributed by atoms with Crippen molar-refractivity contribution in [1.82, 2.24) is 5.32 Å². The normalized spacial score (nSPS) is 13.2. The summed E-state index contributed by atoms with van der Waals surface area (Å²) in [5, 5.41) is 12.7. The molecule has 0 heterocycles. The number of hydrogen-bond donors (Lipinski definition) is 2. The lowest BCUT2D eigenvalue weighted by Gasteiger charge is -2.17. The number of ether oxygens (including phenoxy) is 1. The number of carbonyl (C=O) groups excluding carboxylic acids is 1. The first-order valence-corrected chi connectivity index (χ1v) is 7.47. The molecule has 2 N–H and O–H groups in total. The number of hydrogen-bond acceptors (Lipinski definition) is 3. The van der Waals surface area contributed by atoms with E-state index in [4.69, 9.17) is 4.74 Å². The van der Waals surface area contributed by atoms with Crippen LogP contribution in [0.25, 0.3) is 0 Å². The summed E-state index contributed by atoms with van der Waals surface area (Å²) in [4.78, 5) is 12.0. The van der Waals surface area contributed by atoms with Crippen molar-refractivity contribution >= 4 is 5.91 Å². The van der Waals surface area contributed by atoms with E-state index in [0.29, 0.717) is 11.1 Å². The van der Waals surface area contributed by atoms with Crippen LogP contribution in [0.5, 0.6) is 5.75 Å². The van der Waals surface area contributed by atoms with Crippen LogP contribution in [0.3, 0.4) is 0 Å². The highest BCUT2D eigenvalue weighted by Gasteiger charge is 2.17. The molecule has 2 atom stereocenters. The Labute approximate surface area is 139 Å². The quantitative estimate of drug-likeness (QED) is 0.852. The molecule has 0 aromatic heterocycles. The van der Waals surface area contributed by atoms with Gasteiger partial charge in [0.15, 0.2) is 11.6 Å². The van der Waals surface area contributed by atoms with Gasteiger partial charge in [-0.25, -0.2) is 8.78 Å². The summed E-state index contributed by atoms with van der Waals surface area (Å²) in [5.74, 6) is -1.27. The minimum Gasteiger partial charge on any atom is -0.494 e. The van der Waals surface area contributed by atoms with Crippen LogP contribution in [0.1, 0.15) is 36.6 Å². The average molecular weight is 335 g/mol. The molecule has 0 aliphatic heterocycles. The molecule has 0 saturated heterocycles. The van der Waals surface area contributed by atoms with Crippen molar-refractivity contribution in [2.24, 2.45) is 0 Å². The van der Waals surface area contributed by atoms with Gasteiger partial charge in [0, 0.05) is 0 Å². The van der Waals surface area contributed by atoms with Gasteiger partial charge >= 0.3 is 0 Å². The average Bonchev–Trinajstić information content (AvgIpc) is 2.55. The van der Waals surface area contributed by atoms with Crippen LogP contribution in [-0.4, -0.2) is 18.1 Å². The summed E-state index contributed by atoms with van der Waals surface area (Å²) in [6, 6.07) is 9.39. The molecule has 4 nitrogen and oxygen atoms in total. The SMILES string of the molecule is COc1cc(C(C)NC(=O)CC(O)c2cccc(F)c2)ccc1F. The van der Waals surface area contributed by atoms with Crippen LogP contribution in [0.2, 0.25) is 0 Å². The summed E-state index contributed by atoms with van der Waals surface area (Å²) in [5.41, 5.74) is 1.00. The molecule has 0 fully saturated rings. The molecule has 2 unspecified atom stereocenters. The van der Waals surface area contributed by atoms with Crippen molar-refractivity contribution < 1.29 is 23.4 Å². The Hall–Kier alpha value is -2.47. The predicted octanol–water partition coefficient (Wildman–Crippen LogP) is 3.27. The van der Waals surface area contributed by atoms with Crippen LogP contribution in [0, 0.1) is 11.6 Å². The second kappa shape index (κ2) is 7.88. The number of nitrogens with one attached hydrogen (secondary N) is 1. The lowest BCUT2D eigenvalue weighted by Crippen LogP contribution is -2.28. The number of benzene rings is 2. The first-order chi connectivity index (χ1) is 11.4. The molecular weight excluding hydrogens is 316 g/mol. The lowest BCUT2D eigenvalue weighted by molar-refractivity contribution is -0.123. The number of aliphatic hydroxyl groups is 1. The molecule has 24 heavy (non-hydrogen) atoms. The zero-order valence-corrected chi connectivity index (χ0v) is 13.4. The summed E-state index contributed by atoms with van der Waals surface area (Å²) >= 11 is 0. The third-order valence-electron chi connectivity index (χ3n) is 3.66. The molecule has 2 aromatic carbocycles. The van der Waals surface area contributed by atoms with Gasteiger partial charge in [0.25, 0.3) is 0 Å². The molecule has 128 valence electrons. The Morgan fingerprint density at radius 2 is 1.96 bits per heavy atom. The van der Waals surface area contributed by atoms with E-state index in [1.165, 1.54) is 37.4 Å². The monoisotopic (exact) mass is 335 g/mol. The van der Waals surface area contributed by atoms with E-state index in [-0.39, 0.29) is 12.2 Å². The number of rotatable bonds is 6. The molecule has 2 rings (SSSR count). The molecule has 0 radical (unpaired) electrons. The van der Waals surface area contributed by atoms with Crippen molar-refractivity contribution in [2.75, 3.05) is 7.11 Å². The largest absolute Gasteiger partial charge is 0.494 e. The Morgan fingerprint density at radius 3 is 2.62 bits per heavy atom. The smallest absolute Gasteiger partial charge is 0.223 e. The topological polar surface area (TPSA) is 58.6 Å². The number of methoxy groups -OCH3 is 1. The standard InChI is InChI=1S/C18H19F2NO3/c1-11(12-6-7-15(20)17(9-12)24-2)21-18(23)10-16(22)13-4-3-5-14(19)8-13/h3-9,11,16,22H,10H2,1-2H3,(H,21,23). The lowest BCUT2D eigenvalue weighted by atomic mass is 10.0. The van der Waals surface area contributed by atoms with Crippen molar-refractivity contribution in [3.05, 3.63) is 65.2 Å². The molecule has 0 saturated carbocycles. The van der Waals surface area contributed by atoms with Gasteiger partial charge in [-0.1, -0.05) is 18.2 Å². The van der Waals surface area contributed by atoms with Crippen molar-refractivity contribution in [3.8, 4) is 5.75 Å². The summed E-state index contributed by atoms with van der Waals surface area (Å²) < 4.78 is 31.5. The Balaban J connectivity index is 1.98. The van der Waals surface area contributed by atoms with Gasteiger partial charge in [0.2, 0.25) is 5.91 Å². The molecule has 1 amide bonds. The first kappa shape index (κ1) is 17.9. The predicted molar refractivity (Wildman–Crippen MR) is 85.5 cm³/mol. The molecule has 0 spiro atoms. The van der Waals surface area contributed by atoms with E-state index in [9.17, 15) is 18.7 Å². The fourth-order valence-corrected chi connectivity index (χ4v) is 2.34. The zero-order chi connectivity index (χ0) is 17.7. The highest BCUT2D eigenvalue weighted by Crippen LogP contribution is 2.23. The van der Waals surface area contributed by atoms with Gasteiger partial charge in [-0.3, -0.25) is 4.79 Å². The van der Waals surface area contributed by atoms with Gasteiger partial charge in [-0.15, -0.1) is 0 Å². The molecular formula is C18H19F2NO3. The first-order valence-electron chi connectivity index (χ1n) is 7.47. The number of amides is 1. The summed E-state index contributed by atoms with van der Waals surface area (Å²) in [7, 11) is 1.36. The summed E-state index contributed by atoms with van der Waals surface area (Å²) in [6.07, 6.45) is -1.30. The maximum absolute atomic E-state index is 13.4. The Kier molecular flexibility index (Phi) is 5.87. The fraction of sp³-hybridized carbons (Fsp3) is 0.278. The Bertz CT molecular complexity index is 721. The molecule has 0 aliphatic rings. The van der Waals surface area contributed by atoms with Crippen molar-refractivity contribution in [2.45, 2.75) is 25.5 Å². The maximum atomic E-state index is 13.4. The van der Waals surface area contributed by atoms with Crippen molar-refractivity contribution in [1.29, 1.82) is 0 Å². The van der Waals surface area contributed by atoms with E-state index >= 15 is 0 Å². The minimum atomic E-state index is -1.10. The minimum absolute atomic E-state index is 0.0911. The highest BCUT2D eigenvalue weighted by atomic mass is 19.1. The van der Waals surface area contributed by atoms with Gasteiger partial charge in [0.1, 0.15) is 5.82 Å². The number of halogens is 2. The highest BCUT2D eigenvalue weighted by molar-refractivity contribution is 5.77. The molecule has 0 bridgehead atoms. The number of aliphatic hydroxyl groups excluding tert-OH is 1.